The molecule has 22 heavy (non-hydrogen) atoms. The van der Waals surface area contributed by atoms with Crippen LogP contribution in [-0.2, 0) is 24.1 Å². The van der Waals surface area contributed by atoms with Crippen molar-refractivity contribution in [2.75, 3.05) is 28.4 Å². The van der Waals surface area contributed by atoms with E-state index in [1.165, 1.54) is 5.56 Å². The molecule has 0 aliphatic rings. The summed E-state index contributed by atoms with van der Waals surface area (Å²) >= 11 is 0. The highest BCUT2D eigenvalue weighted by Gasteiger charge is 2.26. The summed E-state index contributed by atoms with van der Waals surface area (Å²) in [6, 6.07) is 12.5. The van der Waals surface area contributed by atoms with Crippen LogP contribution in [0.2, 0.25) is 18.6 Å². The summed E-state index contributed by atoms with van der Waals surface area (Å²) in [6.45, 7) is 4.22. The van der Waals surface area contributed by atoms with Crippen LogP contribution in [-0.4, -0.2) is 46.3 Å². The summed E-state index contributed by atoms with van der Waals surface area (Å²) in [7, 11) is 3.85. The van der Waals surface area contributed by atoms with Crippen molar-refractivity contribution in [3.63, 3.8) is 0 Å². The third-order valence-electron chi connectivity index (χ3n) is 3.61. The van der Waals surface area contributed by atoms with E-state index in [1.54, 1.807) is 28.4 Å². The predicted molar refractivity (Wildman–Crippen MR) is 96.9 cm³/mol. The summed E-state index contributed by atoms with van der Waals surface area (Å²) in [6.07, 6.45) is 2.20. The molecule has 0 saturated carbocycles. The van der Waals surface area contributed by atoms with Gasteiger partial charge >= 0.3 is 17.8 Å². The summed E-state index contributed by atoms with van der Waals surface area (Å²) in [5, 5.41) is 0. The molecular weight excluding hydrogens is 312 g/mol. The number of benzene rings is 1. The molecule has 0 bridgehead atoms. The molecule has 0 aliphatic heterocycles. The molecular formula is C16H32O4Si2. The minimum Gasteiger partial charge on any atom is -0.400 e. The molecule has 4 nitrogen and oxygen atoms in total. The van der Waals surface area contributed by atoms with Gasteiger partial charge in [0.05, 0.1) is 0 Å². The Labute approximate surface area is 138 Å². The molecule has 0 spiro atoms. The molecule has 0 atom stereocenters. The molecule has 6 heteroatoms. The van der Waals surface area contributed by atoms with E-state index < -0.39 is 17.8 Å². The first-order chi connectivity index (χ1) is 10.5. The van der Waals surface area contributed by atoms with E-state index in [0.29, 0.717) is 0 Å². The largest absolute Gasteiger partial charge is 0.400 e. The van der Waals surface area contributed by atoms with Gasteiger partial charge < -0.3 is 17.7 Å². The molecule has 1 aromatic carbocycles. The van der Waals surface area contributed by atoms with E-state index in [1.807, 2.05) is 6.07 Å². The van der Waals surface area contributed by atoms with Crippen LogP contribution in [0.15, 0.2) is 30.3 Å². The SMILES string of the molecule is CCC[Si](C)(OC)OC.CO[SiH](CCc1ccccc1)OC. The Morgan fingerprint density at radius 1 is 0.955 bits per heavy atom. The molecule has 1 aromatic rings. The molecule has 0 aliphatic carbocycles. The number of aryl methyl sites for hydroxylation is 1. The first-order valence-corrected chi connectivity index (χ1v) is 12.0. The Morgan fingerprint density at radius 3 is 1.86 bits per heavy atom. The standard InChI is InChI=1S/C10H16O2Si.C6H16O2Si/c1-11-13(12-2)9-8-10-6-4-3-5-7-10;1-5-6-9(4,7-2)8-3/h3-7,13H,8-9H2,1-2H3;5-6H2,1-4H3. The van der Waals surface area contributed by atoms with Crippen molar-refractivity contribution in [1.82, 2.24) is 0 Å². The maximum absolute atomic E-state index is 5.24. The fourth-order valence-electron chi connectivity index (χ4n) is 2.00. The van der Waals surface area contributed by atoms with Crippen LogP contribution < -0.4 is 0 Å². The Morgan fingerprint density at radius 2 is 1.50 bits per heavy atom. The summed E-state index contributed by atoms with van der Waals surface area (Å²) < 4.78 is 21.0. The Bertz CT molecular complexity index is 354. The van der Waals surface area contributed by atoms with Gasteiger partial charge in [0.1, 0.15) is 0 Å². The van der Waals surface area contributed by atoms with Crippen molar-refractivity contribution in [2.45, 2.75) is 38.4 Å². The fraction of sp³-hybridized carbons (Fsp3) is 0.625. The van der Waals surface area contributed by atoms with E-state index in [-0.39, 0.29) is 0 Å². The first kappa shape index (κ1) is 21.5. The monoisotopic (exact) mass is 344 g/mol. The van der Waals surface area contributed by atoms with E-state index in [9.17, 15) is 0 Å². The van der Waals surface area contributed by atoms with Gasteiger partial charge in [-0.1, -0.05) is 43.7 Å². The zero-order chi connectivity index (χ0) is 16.8. The minimum atomic E-state index is -1.70. The van der Waals surface area contributed by atoms with Crippen LogP contribution in [0.1, 0.15) is 18.9 Å². The minimum absolute atomic E-state index is 1.04. The van der Waals surface area contributed by atoms with Gasteiger partial charge in [-0.25, -0.2) is 0 Å². The normalized spacial score (nSPS) is 11.2. The molecule has 0 aromatic heterocycles. The lowest BCUT2D eigenvalue weighted by Crippen LogP contribution is -2.35. The van der Waals surface area contributed by atoms with E-state index >= 15 is 0 Å². The van der Waals surface area contributed by atoms with Crippen LogP contribution in [0.3, 0.4) is 0 Å². The zero-order valence-corrected chi connectivity index (χ0v) is 17.1. The van der Waals surface area contributed by atoms with Crippen molar-refractivity contribution in [2.24, 2.45) is 0 Å². The van der Waals surface area contributed by atoms with E-state index in [2.05, 4.69) is 37.7 Å². The average molecular weight is 345 g/mol. The molecule has 0 fully saturated rings. The Hall–Kier alpha value is -0.506. The van der Waals surface area contributed by atoms with Crippen molar-refractivity contribution < 1.29 is 17.7 Å². The molecule has 1 rings (SSSR count). The second kappa shape index (κ2) is 13.0. The van der Waals surface area contributed by atoms with Gasteiger partial charge in [-0.15, -0.1) is 0 Å². The molecule has 0 heterocycles. The van der Waals surface area contributed by atoms with Crippen LogP contribution >= 0.6 is 0 Å². The van der Waals surface area contributed by atoms with Crippen molar-refractivity contribution in [3.05, 3.63) is 35.9 Å². The summed E-state index contributed by atoms with van der Waals surface area (Å²) in [5.74, 6) is 0. The lowest BCUT2D eigenvalue weighted by molar-refractivity contribution is 0.249. The third-order valence-corrected chi connectivity index (χ3v) is 8.55. The lowest BCUT2D eigenvalue weighted by atomic mass is 10.2. The molecule has 0 saturated heterocycles. The summed E-state index contributed by atoms with van der Waals surface area (Å²) in [4.78, 5) is 0. The Balaban J connectivity index is 0.000000433. The smallest absolute Gasteiger partial charge is 0.334 e. The Kier molecular flexibility index (Phi) is 12.7. The highest BCUT2D eigenvalue weighted by atomic mass is 28.4. The van der Waals surface area contributed by atoms with Gasteiger partial charge in [0.2, 0.25) is 0 Å². The fourth-order valence-corrected chi connectivity index (χ4v) is 4.72. The predicted octanol–water partition coefficient (Wildman–Crippen LogP) is 3.50. The second-order valence-corrected chi connectivity index (χ2v) is 11.2. The summed E-state index contributed by atoms with van der Waals surface area (Å²) in [5.41, 5.74) is 1.36. The van der Waals surface area contributed by atoms with Crippen LogP contribution in [0.5, 0.6) is 0 Å². The lowest BCUT2D eigenvalue weighted by Gasteiger charge is -2.21. The maximum atomic E-state index is 5.24. The number of hydrogen-bond donors (Lipinski definition) is 0. The van der Waals surface area contributed by atoms with Gasteiger partial charge in [0.15, 0.2) is 0 Å². The van der Waals surface area contributed by atoms with Crippen molar-refractivity contribution >= 4 is 17.8 Å². The van der Waals surface area contributed by atoms with Gasteiger partial charge in [0.25, 0.3) is 0 Å². The van der Waals surface area contributed by atoms with Crippen molar-refractivity contribution in [3.8, 4) is 0 Å². The number of rotatable bonds is 9. The van der Waals surface area contributed by atoms with Gasteiger partial charge in [-0.3, -0.25) is 0 Å². The van der Waals surface area contributed by atoms with Gasteiger partial charge in [0, 0.05) is 28.4 Å². The van der Waals surface area contributed by atoms with Crippen LogP contribution in [0.25, 0.3) is 0 Å². The highest BCUT2D eigenvalue weighted by Crippen LogP contribution is 2.12. The van der Waals surface area contributed by atoms with Crippen LogP contribution in [0.4, 0.5) is 0 Å². The van der Waals surface area contributed by atoms with Gasteiger partial charge in [-0.05, 0) is 30.6 Å². The molecule has 0 unspecified atom stereocenters. The third kappa shape index (κ3) is 9.50. The maximum Gasteiger partial charge on any atom is 0.334 e. The molecule has 0 N–H and O–H groups in total. The highest BCUT2D eigenvalue weighted by molar-refractivity contribution is 6.65. The zero-order valence-electron chi connectivity index (χ0n) is 14.9. The average Bonchev–Trinajstić information content (AvgIpc) is 2.57. The molecule has 0 radical (unpaired) electrons. The van der Waals surface area contributed by atoms with Gasteiger partial charge in [-0.2, -0.15) is 0 Å². The van der Waals surface area contributed by atoms with Crippen molar-refractivity contribution in [1.29, 1.82) is 0 Å². The van der Waals surface area contributed by atoms with Crippen LogP contribution in [0, 0.1) is 0 Å². The van der Waals surface area contributed by atoms with E-state index in [4.69, 9.17) is 17.7 Å². The first-order valence-electron chi connectivity index (χ1n) is 7.75. The second-order valence-electron chi connectivity index (χ2n) is 5.22. The molecule has 0 amide bonds. The quantitative estimate of drug-likeness (QED) is 0.643. The molecule has 128 valence electrons. The number of hydrogen-bond acceptors (Lipinski definition) is 4. The topological polar surface area (TPSA) is 36.9 Å². The van der Waals surface area contributed by atoms with E-state index in [0.717, 1.165) is 24.9 Å².